The lowest BCUT2D eigenvalue weighted by Crippen LogP contribution is -2.13. The zero-order valence-electron chi connectivity index (χ0n) is 17.8. The molecule has 1 N–H and O–H groups in total. The quantitative estimate of drug-likeness (QED) is 0.277. The van der Waals surface area contributed by atoms with Crippen molar-refractivity contribution < 1.29 is 14.3 Å². The fourth-order valence-electron chi connectivity index (χ4n) is 2.99. The van der Waals surface area contributed by atoms with Gasteiger partial charge in [0.2, 0.25) is 0 Å². The molecule has 5 nitrogen and oxygen atoms in total. The van der Waals surface area contributed by atoms with E-state index in [2.05, 4.69) is 5.32 Å². The van der Waals surface area contributed by atoms with E-state index in [1.54, 1.807) is 36.4 Å². The van der Waals surface area contributed by atoms with Crippen LogP contribution in [0.1, 0.15) is 16.7 Å². The number of carbonyl (C=O) groups excluding carboxylic acids is 1. The van der Waals surface area contributed by atoms with E-state index in [0.717, 1.165) is 11.1 Å². The summed E-state index contributed by atoms with van der Waals surface area (Å²) in [6.45, 7) is 2.05. The lowest BCUT2D eigenvalue weighted by Gasteiger charge is -2.14. The molecule has 0 aromatic heterocycles. The van der Waals surface area contributed by atoms with Crippen LogP contribution in [0.3, 0.4) is 0 Å². The van der Waals surface area contributed by atoms with Gasteiger partial charge in [-0.3, -0.25) is 4.79 Å². The molecule has 0 aliphatic rings. The molecule has 8 heteroatoms. The number of hydrogen-bond donors (Lipinski definition) is 1. The van der Waals surface area contributed by atoms with Gasteiger partial charge in [-0.1, -0.05) is 53.0 Å². The summed E-state index contributed by atoms with van der Waals surface area (Å²) in [6.07, 6.45) is 1.43. The van der Waals surface area contributed by atoms with Crippen LogP contribution in [0.25, 0.3) is 6.08 Å². The monoisotopic (exact) mass is 500 g/mol. The van der Waals surface area contributed by atoms with Gasteiger partial charge in [-0.2, -0.15) is 5.26 Å². The molecular formula is C25H19Cl3N2O3. The highest BCUT2D eigenvalue weighted by molar-refractivity contribution is 6.35. The van der Waals surface area contributed by atoms with Gasteiger partial charge < -0.3 is 14.8 Å². The van der Waals surface area contributed by atoms with Gasteiger partial charge >= 0.3 is 0 Å². The molecule has 0 atom stereocenters. The standard InChI is InChI=1S/C25H19Cl3N2O3/c1-15-4-3-5-20(8-15)30-25(31)18(13-29)9-16-10-22(28)24(23(11-16)32-2)33-14-17-6-7-19(26)12-21(17)27/h3-12H,14H2,1-2H3,(H,30,31)/b18-9-. The summed E-state index contributed by atoms with van der Waals surface area (Å²) in [4.78, 5) is 12.6. The Bertz CT molecular complexity index is 1270. The maximum atomic E-state index is 12.6. The Labute approximate surface area is 207 Å². The lowest BCUT2D eigenvalue weighted by atomic mass is 10.1. The van der Waals surface area contributed by atoms with E-state index in [4.69, 9.17) is 44.3 Å². The number of rotatable bonds is 7. The molecule has 3 rings (SSSR count). The number of ether oxygens (including phenoxy) is 2. The molecular weight excluding hydrogens is 483 g/mol. The molecule has 0 bridgehead atoms. The maximum Gasteiger partial charge on any atom is 0.266 e. The number of benzene rings is 3. The average Bonchev–Trinajstić information content (AvgIpc) is 2.77. The summed E-state index contributed by atoms with van der Waals surface area (Å²) in [5.74, 6) is 0.121. The maximum absolute atomic E-state index is 12.6. The van der Waals surface area contributed by atoms with Gasteiger partial charge in [-0.05, 0) is 60.5 Å². The molecule has 168 valence electrons. The van der Waals surface area contributed by atoms with Gasteiger partial charge in [0.1, 0.15) is 18.2 Å². The fraction of sp³-hybridized carbons (Fsp3) is 0.120. The van der Waals surface area contributed by atoms with Crippen molar-refractivity contribution in [2.75, 3.05) is 12.4 Å². The van der Waals surface area contributed by atoms with E-state index in [1.165, 1.54) is 13.2 Å². The van der Waals surface area contributed by atoms with Gasteiger partial charge in [0.15, 0.2) is 11.5 Å². The third kappa shape index (κ3) is 6.43. The van der Waals surface area contributed by atoms with Crippen molar-refractivity contribution in [3.63, 3.8) is 0 Å². The van der Waals surface area contributed by atoms with Crippen LogP contribution in [0.5, 0.6) is 11.5 Å². The number of methoxy groups -OCH3 is 1. The summed E-state index contributed by atoms with van der Waals surface area (Å²) in [7, 11) is 1.47. The average molecular weight is 502 g/mol. The van der Waals surface area contributed by atoms with Crippen LogP contribution in [-0.4, -0.2) is 13.0 Å². The molecule has 33 heavy (non-hydrogen) atoms. The van der Waals surface area contributed by atoms with E-state index >= 15 is 0 Å². The number of nitrogens with zero attached hydrogens (tertiary/aromatic N) is 1. The van der Waals surface area contributed by atoms with Crippen molar-refractivity contribution in [1.82, 2.24) is 0 Å². The summed E-state index contributed by atoms with van der Waals surface area (Å²) >= 11 is 18.6. The number of nitriles is 1. The summed E-state index contributed by atoms with van der Waals surface area (Å²) in [6, 6.07) is 17.5. The van der Waals surface area contributed by atoms with Gasteiger partial charge in [0, 0.05) is 21.3 Å². The van der Waals surface area contributed by atoms with Crippen molar-refractivity contribution in [2.45, 2.75) is 13.5 Å². The van der Waals surface area contributed by atoms with Gasteiger partial charge in [-0.25, -0.2) is 0 Å². The van der Waals surface area contributed by atoms with Gasteiger partial charge in [0.25, 0.3) is 5.91 Å². The van der Waals surface area contributed by atoms with Crippen molar-refractivity contribution >= 4 is 52.5 Å². The number of hydrogen-bond acceptors (Lipinski definition) is 4. The molecule has 3 aromatic carbocycles. The minimum atomic E-state index is -0.532. The Balaban J connectivity index is 1.83. The Morgan fingerprint density at radius 1 is 1.09 bits per heavy atom. The molecule has 0 saturated heterocycles. The Hall–Kier alpha value is -3.17. The molecule has 3 aromatic rings. The topological polar surface area (TPSA) is 71.3 Å². The van der Waals surface area contributed by atoms with E-state index < -0.39 is 5.91 Å². The van der Waals surface area contributed by atoms with Gasteiger partial charge in [0.05, 0.1) is 12.1 Å². The molecule has 0 aliphatic carbocycles. The second-order valence-electron chi connectivity index (χ2n) is 7.05. The third-order valence-corrected chi connectivity index (χ3v) is 5.46. The highest BCUT2D eigenvalue weighted by Gasteiger charge is 2.15. The molecule has 0 spiro atoms. The molecule has 0 aliphatic heterocycles. The first-order chi connectivity index (χ1) is 15.8. The Kier molecular flexibility index (Phi) is 8.24. The lowest BCUT2D eigenvalue weighted by molar-refractivity contribution is -0.112. The van der Waals surface area contributed by atoms with Crippen LogP contribution in [0.2, 0.25) is 15.1 Å². The number of amides is 1. The third-order valence-electron chi connectivity index (χ3n) is 4.59. The smallest absolute Gasteiger partial charge is 0.266 e. The SMILES string of the molecule is COc1cc(/C=C(/C#N)C(=O)Nc2cccc(C)c2)cc(Cl)c1OCc1ccc(Cl)cc1Cl. The fourth-order valence-corrected chi connectivity index (χ4v) is 3.73. The number of halogens is 3. The highest BCUT2D eigenvalue weighted by atomic mass is 35.5. The minimum Gasteiger partial charge on any atom is -0.493 e. The van der Waals surface area contributed by atoms with E-state index in [9.17, 15) is 10.1 Å². The Morgan fingerprint density at radius 3 is 2.55 bits per heavy atom. The number of anilines is 1. The number of carbonyl (C=O) groups is 1. The van der Waals surface area contributed by atoms with Crippen molar-refractivity contribution in [2.24, 2.45) is 0 Å². The first-order valence-electron chi connectivity index (χ1n) is 9.74. The number of nitrogens with one attached hydrogen (secondary N) is 1. The minimum absolute atomic E-state index is 0.0868. The predicted molar refractivity (Wildman–Crippen MR) is 132 cm³/mol. The number of aryl methyl sites for hydroxylation is 1. The normalized spacial score (nSPS) is 11.0. The second-order valence-corrected chi connectivity index (χ2v) is 8.30. The van der Waals surface area contributed by atoms with Crippen molar-refractivity contribution in [3.05, 3.63) is 91.9 Å². The van der Waals surface area contributed by atoms with Crippen LogP contribution < -0.4 is 14.8 Å². The molecule has 0 heterocycles. The van der Waals surface area contributed by atoms with Crippen LogP contribution in [0.15, 0.2) is 60.2 Å². The highest BCUT2D eigenvalue weighted by Crippen LogP contribution is 2.38. The predicted octanol–water partition coefficient (Wildman–Crippen LogP) is 7.09. The second kappa shape index (κ2) is 11.1. The van der Waals surface area contributed by atoms with Crippen molar-refractivity contribution in [3.8, 4) is 17.6 Å². The van der Waals surface area contributed by atoms with E-state index in [0.29, 0.717) is 32.8 Å². The molecule has 0 saturated carbocycles. The van der Waals surface area contributed by atoms with E-state index in [-0.39, 0.29) is 17.2 Å². The molecule has 0 fully saturated rings. The van der Waals surface area contributed by atoms with Gasteiger partial charge in [-0.15, -0.1) is 0 Å². The van der Waals surface area contributed by atoms with Crippen LogP contribution in [0, 0.1) is 18.3 Å². The van der Waals surface area contributed by atoms with Crippen LogP contribution in [0.4, 0.5) is 5.69 Å². The van der Waals surface area contributed by atoms with Crippen LogP contribution in [-0.2, 0) is 11.4 Å². The first-order valence-corrected chi connectivity index (χ1v) is 10.9. The zero-order valence-corrected chi connectivity index (χ0v) is 20.1. The zero-order chi connectivity index (χ0) is 24.0. The molecule has 0 unspecified atom stereocenters. The van der Waals surface area contributed by atoms with E-state index in [1.807, 2.05) is 31.2 Å². The summed E-state index contributed by atoms with van der Waals surface area (Å²) in [5.41, 5.74) is 2.73. The molecule has 1 amide bonds. The summed E-state index contributed by atoms with van der Waals surface area (Å²) in [5, 5.41) is 13.5. The van der Waals surface area contributed by atoms with Crippen LogP contribution >= 0.6 is 34.8 Å². The van der Waals surface area contributed by atoms with Crippen molar-refractivity contribution in [1.29, 1.82) is 5.26 Å². The summed E-state index contributed by atoms with van der Waals surface area (Å²) < 4.78 is 11.3. The first kappa shape index (κ1) is 24.5. The molecule has 0 radical (unpaired) electrons. The largest absolute Gasteiger partial charge is 0.493 e. The Morgan fingerprint density at radius 2 is 1.88 bits per heavy atom.